The fourth-order valence-corrected chi connectivity index (χ4v) is 4.07. The quantitative estimate of drug-likeness (QED) is 0.721. The van der Waals surface area contributed by atoms with Crippen molar-refractivity contribution in [2.45, 2.75) is 56.6 Å². The second-order valence-corrected chi connectivity index (χ2v) is 9.51. The Morgan fingerprint density at radius 1 is 1.25 bits per heavy atom. The van der Waals surface area contributed by atoms with Crippen LogP contribution in [0.4, 0.5) is 4.39 Å². The SMILES string of the molecule is C[C@@H](OC(=O)c1cc(S(=O)(=O)N(C)C)ccc1F)C(=O)N[C@@H]1CCCC[C@@H]1C. The lowest BCUT2D eigenvalue weighted by Gasteiger charge is -2.30. The number of hydrogen-bond acceptors (Lipinski definition) is 5. The van der Waals surface area contributed by atoms with E-state index in [0.29, 0.717) is 5.92 Å². The summed E-state index contributed by atoms with van der Waals surface area (Å²) in [4.78, 5) is 24.4. The van der Waals surface area contributed by atoms with Gasteiger partial charge in [-0.15, -0.1) is 0 Å². The molecule has 0 aliphatic heterocycles. The van der Waals surface area contributed by atoms with E-state index < -0.39 is 39.4 Å². The van der Waals surface area contributed by atoms with Crippen molar-refractivity contribution >= 4 is 21.9 Å². The van der Waals surface area contributed by atoms with E-state index in [9.17, 15) is 22.4 Å². The van der Waals surface area contributed by atoms with Gasteiger partial charge in [-0.3, -0.25) is 4.79 Å². The molecule has 1 amide bonds. The summed E-state index contributed by atoms with van der Waals surface area (Å²) in [7, 11) is -1.18. The largest absolute Gasteiger partial charge is 0.449 e. The second kappa shape index (κ2) is 9.00. The highest BCUT2D eigenvalue weighted by molar-refractivity contribution is 7.89. The van der Waals surface area contributed by atoms with E-state index in [4.69, 9.17) is 4.74 Å². The molecule has 9 heteroatoms. The number of hydrogen-bond donors (Lipinski definition) is 1. The number of amides is 1. The predicted molar refractivity (Wildman–Crippen MR) is 102 cm³/mol. The number of nitrogens with zero attached hydrogens (tertiary/aromatic N) is 1. The van der Waals surface area contributed by atoms with Crippen molar-refractivity contribution in [2.24, 2.45) is 5.92 Å². The molecule has 0 unspecified atom stereocenters. The van der Waals surface area contributed by atoms with Crippen LogP contribution in [0.1, 0.15) is 49.9 Å². The normalized spacial score (nSPS) is 21.2. The number of nitrogens with one attached hydrogen (secondary N) is 1. The second-order valence-electron chi connectivity index (χ2n) is 7.35. The Labute approximate surface area is 165 Å². The first kappa shape index (κ1) is 22.3. The summed E-state index contributed by atoms with van der Waals surface area (Å²) in [6.07, 6.45) is 2.92. The van der Waals surface area contributed by atoms with Crippen molar-refractivity contribution in [3.63, 3.8) is 0 Å². The first-order valence-corrected chi connectivity index (χ1v) is 10.7. The molecule has 0 heterocycles. The zero-order valence-corrected chi connectivity index (χ0v) is 17.4. The molecule has 1 N–H and O–H groups in total. The highest BCUT2D eigenvalue weighted by Crippen LogP contribution is 2.24. The van der Waals surface area contributed by atoms with E-state index in [2.05, 4.69) is 12.2 Å². The smallest absolute Gasteiger partial charge is 0.341 e. The molecule has 3 atom stereocenters. The summed E-state index contributed by atoms with van der Waals surface area (Å²) >= 11 is 0. The molecule has 0 radical (unpaired) electrons. The van der Waals surface area contributed by atoms with Gasteiger partial charge in [-0.05, 0) is 43.9 Å². The number of carbonyl (C=O) groups is 2. The lowest BCUT2D eigenvalue weighted by molar-refractivity contribution is -0.130. The molecule has 1 aliphatic rings. The molecular formula is C19H27FN2O5S. The summed E-state index contributed by atoms with van der Waals surface area (Å²) in [5.74, 6) is -2.13. The van der Waals surface area contributed by atoms with Crippen LogP contribution in [0.5, 0.6) is 0 Å². The van der Waals surface area contributed by atoms with Crippen LogP contribution >= 0.6 is 0 Å². The van der Waals surface area contributed by atoms with Gasteiger partial charge >= 0.3 is 5.97 Å². The minimum atomic E-state index is -3.84. The molecule has 1 saturated carbocycles. The molecule has 1 aliphatic carbocycles. The monoisotopic (exact) mass is 414 g/mol. The minimum Gasteiger partial charge on any atom is -0.449 e. The molecule has 156 valence electrons. The van der Waals surface area contributed by atoms with Gasteiger partial charge in [-0.25, -0.2) is 21.9 Å². The highest BCUT2D eigenvalue weighted by Gasteiger charge is 2.28. The van der Waals surface area contributed by atoms with Gasteiger partial charge in [0, 0.05) is 20.1 Å². The average molecular weight is 414 g/mol. The van der Waals surface area contributed by atoms with E-state index >= 15 is 0 Å². The Morgan fingerprint density at radius 2 is 1.89 bits per heavy atom. The van der Waals surface area contributed by atoms with Gasteiger partial charge in [-0.1, -0.05) is 19.8 Å². The third-order valence-corrected chi connectivity index (χ3v) is 6.84. The standard InChI is InChI=1S/C19H27FN2O5S/c1-12-7-5-6-8-17(12)21-18(23)13(2)27-19(24)15-11-14(9-10-16(15)20)28(25,26)22(3)4/h9-13,17H,5-8H2,1-4H3,(H,21,23)/t12-,13+,17+/m0/s1. The van der Waals surface area contributed by atoms with Crippen LogP contribution in [0.2, 0.25) is 0 Å². The third-order valence-electron chi connectivity index (χ3n) is 5.03. The molecule has 0 saturated heterocycles. The van der Waals surface area contributed by atoms with E-state index in [-0.39, 0.29) is 10.9 Å². The molecule has 7 nitrogen and oxygen atoms in total. The fraction of sp³-hybridized carbons (Fsp3) is 0.579. The maximum absolute atomic E-state index is 14.1. The summed E-state index contributed by atoms with van der Waals surface area (Å²) < 4.78 is 44.5. The summed E-state index contributed by atoms with van der Waals surface area (Å²) in [5.41, 5.74) is -0.534. The van der Waals surface area contributed by atoms with Gasteiger partial charge in [0.25, 0.3) is 5.91 Å². The predicted octanol–water partition coefficient (Wildman–Crippen LogP) is 2.32. The van der Waals surface area contributed by atoms with E-state index in [1.165, 1.54) is 21.0 Å². The minimum absolute atomic E-state index is 0.0210. The first-order valence-electron chi connectivity index (χ1n) is 9.27. The summed E-state index contributed by atoms with van der Waals surface area (Å²) in [6, 6.07) is 2.90. The van der Waals surface area contributed by atoms with Crippen LogP contribution in [-0.2, 0) is 19.6 Å². The van der Waals surface area contributed by atoms with Gasteiger partial charge < -0.3 is 10.1 Å². The molecule has 0 bridgehead atoms. The maximum atomic E-state index is 14.1. The first-order chi connectivity index (χ1) is 13.0. The topological polar surface area (TPSA) is 92.8 Å². The Kier molecular flexibility index (Phi) is 7.16. The van der Waals surface area contributed by atoms with E-state index in [0.717, 1.165) is 48.2 Å². The molecule has 0 aromatic heterocycles. The van der Waals surface area contributed by atoms with Crippen molar-refractivity contribution in [3.8, 4) is 0 Å². The van der Waals surface area contributed by atoms with E-state index in [1.807, 2.05) is 0 Å². The highest BCUT2D eigenvalue weighted by atomic mass is 32.2. The molecule has 2 rings (SSSR count). The van der Waals surface area contributed by atoms with Gasteiger partial charge in [0.2, 0.25) is 10.0 Å². The van der Waals surface area contributed by atoms with Crippen LogP contribution in [0.25, 0.3) is 0 Å². The number of benzene rings is 1. The Hall–Kier alpha value is -2.00. The Morgan fingerprint density at radius 3 is 2.50 bits per heavy atom. The number of sulfonamides is 1. The number of halogens is 1. The van der Waals surface area contributed by atoms with Crippen LogP contribution < -0.4 is 5.32 Å². The van der Waals surface area contributed by atoms with Gasteiger partial charge in [0.05, 0.1) is 10.5 Å². The number of carbonyl (C=O) groups excluding carboxylic acids is 2. The van der Waals surface area contributed by atoms with Crippen LogP contribution in [-0.4, -0.2) is 50.8 Å². The maximum Gasteiger partial charge on any atom is 0.341 e. The van der Waals surface area contributed by atoms with Crippen molar-refractivity contribution in [2.75, 3.05) is 14.1 Å². The summed E-state index contributed by atoms with van der Waals surface area (Å²) in [5, 5.41) is 2.88. The van der Waals surface area contributed by atoms with Crippen molar-refractivity contribution in [3.05, 3.63) is 29.6 Å². The Bertz CT molecular complexity index is 841. The third kappa shape index (κ3) is 5.08. The number of rotatable bonds is 6. The number of ether oxygens (including phenoxy) is 1. The zero-order valence-electron chi connectivity index (χ0n) is 16.6. The van der Waals surface area contributed by atoms with Gasteiger partial charge in [0.15, 0.2) is 6.10 Å². The average Bonchev–Trinajstić information content (AvgIpc) is 2.63. The molecular weight excluding hydrogens is 387 g/mol. The molecule has 1 aromatic carbocycles. The molecule has 0 spiro atoms. The molecule has 28 heavy (non-hydrogen) atoms. The van der Waals surface area contributed by atoms with Crippen molar-refractivity contribution < 1.29 is 27.1 Å². The number of esters is 1. The van der Waals surface area contributed by atoms with E-state index in [1.54, 1.807) is 0 Å². The fourth-order valence-electron chi connectivity index (χ4n) is 3.14. The van der Waals surface area contributed by atoms with Crippen LogP contribution in [0.3, 0.4) is 0 Å². The van der Waals surface area contributed by atoms with Crippen LogP contribution in [0, 0.1) is 11.7 Å². The van der Waals surface area contributed by atoms with Crippen molar-refractivity contribution in [1.29, 1.82) is 0 Å². The van der Waals surface area contributed by atoms with Crippen LogP contribution in [0.15, 0.2) is 23.1 Å². The lowest BCUT2D eigenvalue weighted by atomic mass is 9.86. The molecule has 1 aromatic rings. The van der Waals surface area contributed by atoms with Gasteiger partial charge in [-0.2, -0.15) is 0 Å². The van der Waals surface area contributed by atoms with Crippen molar-refractivity contribution in [1.82, 2.24) is 9.62 Å². The Balaban J connectivity index is 2.10. The molecule has 1 fully saturated rings. The summed E-state index contributed by atoms with van der Waals surface area (Å²) in [6.45, 7) is 3.46. The lowest BCUT2D eigenvalue weighted by Crippen LogP contribution is -2.46. The zero-order chi connectivity index (χ0) is 21.1. The van der Waals surface area contributed by atoms with Gasteiger partial charge in [0.1, 0.15) is 5.82 Å².